The van der Waals surface area contributed by atoms with Crippen LogP contribution in [-0.2, 0) is 12.8 Å². The molecule has 0 fully saturated rings. The normalized spacial score (nSPS) is 11.3. The minimum Gasteiger partial charge on any atom is -0.361 e. The minimum absolute atomic E-state index is 1.06. The highest BCUT2D eigenvalue weighted by atomic mass is 16.5. The number of rotatable bonds is 18. The predicted molar refractivity (Wildman–Crippen MR) is 114 cm³/mol. The first kappa shape index (κ1) is 23.2. The Bertz CT molecular complexity index is 424. The van der Waals surface area contributed by atoms with Gasteiger partial charge in [-0.05, 0) is 26.2 Å². The van der Waals surface area contributed by atoms with Gasteiger partial charge in [-0.1, -0.05) is 109 Å². The molecule has 1 heterocycles. The topological polar surface area (TPSA) is 26.0 Å². The van der Waals surface area contributed by atoms with E-state index in [1.165, 1.54) is 108 Å². The van der Waals surface area contributed by atoms with Crippen LogP contribution < -0.4 is 0 Å². The Labute approximate surface area is 163 Å². The molecular formula is C24H45NO. The van der Waals surface area contributed by atoms with Crippen molar-refractivity contribution < 1.29 is 4.52 Å². The lowest BCUT2D eigenvalue weighted by Gasteiger charge is -2.04. The van der Waals surface area contributed by atoms with Gasteiger partial charge in [0.1, 0.15) is 5.76 Å². The first-order chi connectivity index (χ1) is 12.8. The van der Waals surface area contributed by atoms with Crippen LogP contribution in [0.15, 0.2) is 4.52 Å². The Morgan fingerprint density at radius 3 is 1.54 bits per heavy atom. The third-order valence-corrected chi connectivity index (χ3v) is 5.60. The molecular weight excluding hydrogens is 318 g/mol. The van der Waals surface area contributed by atoms with Gasteiger partial charge in [0.25, 0.3) is 0 Å². The lowest BCUT2D eigenvalue weighted by atomic mass is 10.0. The number of unbranched alkanes of at least 4 members (excludes halogenated alkanes) is 14. The summed E-state index contributed by atoms with van der Waals surface area (Å²) in [6.45, 7) is 6.62. The van der Waals surface area contributed by atoms with Crippen molar-refractivity contribution in [2.24, 2.45) is 0 Å². The van der Waals surface area contributed by atoms with E-state index in [1.807, 2.05) is 0 Å². The molecule has 0 aliphatic rings. The third-order valence-electron chi connectivity index (χ3n) is 5.60. The van der Waals surface area contributed by atoms with Gasteiger partial charge >= 0.3 is 0 Å². The molecule has 0 radical (unpaired) electrons. The van der Waals surface area contributed by atoms with Crippen LogP contribution in [0.1, 0.15) is 134 Å². The predicted octanol–water partition coefficient (Wildman–Crippen LogP) is 8.35. The lowest BCUT2D eigenvalue weighted by molar-refractivity contribution is 0.375. The maximum atomic E-state index is 5.52. The van der Waals surface area contributed by atoms with E-state index in [4.69, 9.17) is 4.52 Å². The van der Waals surface area contributed by atoms with Gasteiger partial charge in [-0.15, -0.1) is 0 Å². The van der Waals surface area contributed by atoms with Gasteiger partial charge in [-0.25, -0.2) is 0 Å². The fourth-order valence-corrected chi connectivity index (χ4v) is 3.79. The number of hydrogen-bond acceptors (Lipinski definition) is 2. The van der Waals surface area contributed by atoms with E-state index < -0.39 is 0 Å². The van der Waals surface area contributed by atoms with Crippen molar-refractivity contribution in [3.63, 3.8) is 0 Å². The zero-order chi connectivity index (χ0) is 18.9. The van der Waals surface area contributed by atoms with Crippen molar-refractivity contribution in [1.82, 2.24) is 5.16 Å². The quantitative estimate of drug-likeness (QED) is 0.245. The minimum atomic E-state index is 1.06. The number of nitrogens with zero attached hydrogens (tertiary/aromatic N) is 1. The molecule has 0 spiro atoms. The molecule has 2 heteroatoms. The summed E-state index contributed by atoms with van der Waals surface area (Å²) < 4.78 is 5.52. The highest BCUT2D eigenvalue weighted by molar-refractivity contribution is 5.22. The van der Waals surface area contributed by atoms with Gasteiger partial charge in [0, 0.05) is 12.0 Å². The molecule has 2 nitrogen and oxygen atoms in total. The molecule has 0 amide bonds. The Hall–Kier alpha value is -0.790. The van der Waals surface area contributed by atoms with Crippen molar-refractivity contribution in [2.75, 3.05) is 0 Å². The summed E-state index contributed by atoms with van der Waals surface area (Å²) in [5.74, 6) is 1.15. The summed E-state index contributed by atoms with van der Waals surface area (Å²) in [6.07, 6.45) is 24.5. The van der Waals surface area contributed by atoms with Crippen molar-refractivity contribution in [2.45, 2.75) is 136 Å². The fraction of sp³-hybridized carbons (Fsp3) is 0.875. The average molecular weight is 364 g/mol. The monoisotopic (exact) mass is 363 g/mol. The molecule has 0 atom stereocenters. The second-order valence-electron chi connectivity index (χ2n) is 8.12. The van der Waals surface area contributed by atoms with Crippen molar-refractivity contribution in [1.29, 1.82) is 0 Å². The maximum absolute atomic E-state index is 5.52. The Kier molecular flexibility index (Phi) is 14.7. The van der Waals surface area contributed by atoms with Crippen LogP contribution in [0.2, 0.25) is 0 Å². The summed E-state index contributed by atoms with van der Waals surface area (Å²) in [6, 6.07) is 0. The van der Waals surface area contributed by atoms with Gasteiger partial charge in [0.05, 0.1) is 5.69 Å². The first-order valence-corrected chi connectivity index (χ1v) is 11.7. The molecule has 0 aromatic carbocycles. The molecule has 26 heavy (non-hydrogen) atoms. The molecule has 1 rings (SSSR count). The molecule has 0 aliphatic heterocycles. The van der Waals surface area contributed by atoms with E-state index >= 15 is 0 Å². The Morgan fingerprint density at radius 2 is 1.04 bits per heavy atom. The fourth-order valence-electron chi connectivity index (χ4n) is 3.79. The third kappa shape index (κ3) is 11.0. The zero-order valence-corrected chi connectivity index (χ0v) is 18.1. The summed E-state index contributed by atoms with van der Waals surface area (Å²) >= 11 is 0. The van der Waals surface area contributed by atoms with Crippen molar-refractivity contribution in [3.8, 4) is 0 Å². The Balaban J connectivity index is 1.91. The van der Waals surface area contributed by atoms with Gasteiger partial charge < -0.3 is 4.52 Å². The van der Waals surface area contributed by atoms with Crippen LogP contribution in [0.5, 0.6) is 0 Å². The van der Waals surface area contributed by atoms with Gasteiger partial charge in [-0.3, -0.25) is 0 Å². The van der Waals surface area contributed by atoms with Gasteiger partial charge in [-0.2, -0.15) is 0 Å². The summed E-state index contributed by atoms with van der Waals surface area (Å²) in [5.41, 5.74) is 2.52. The van der Waals surface area contributed by atoms with Crippen LogP contribution in [0, 0.1) is 6.92 Å². The van der Waals surface area contributed by atoms with E-state index in [-0.39, 0.29) is 0 Å². The van der Waals surface area contributed by atoms with E-state index in [0.29, 0.717) is 0 Å². The molecule has 0 aliphatic carbocycles. The van der Waals surface area contributed by atoms with E-state index in [2.05, 4.69) is 25.9 Å². The highest BCUT2D eigenvalue weighted by Crippen LogP contribution is 2.20. The Morgan fingerprint density at radius 1 is 0.577 bits per heavy atom. The molecule has 0 saturated carbocycles. The summed E-state index contributed by atoms with van der Waals surface area (Å²) in [5, 5.41) is 4.18. The molecule has 0 unspecified atom stereocenters. The highest BCUT2D eigenvalue weighted by Gasteiger charge is 2.11. The van der Waals surface area contributed by atoms with Crippen LogP contribution >= 0.6 is 0 Å². The van der Waals surface area contributed by atoms with Crippen molar-refractivity contribution >= 4 is 0 Å². The van der Waals surface area contributed by atoms with E-state index in [0.717, 1.165) is 24.3 Å². The molecule has 1 aromatic rings. The van der Waals surface area contributed by atoms with Crippen LogP contribution in [0.3, 0.4) is 0 Å². The second kappa shape index (κ2) is 16.4. The summed E-state index contributed by atoms with van der Waals surface area (Å²) in [7, 11) is 0. The van der Waals surface area contributed by atoms with Gasteiger partial charge in [0.2, 0.25) is 0 Å². The van der Waals surface area contributed by atoms with Crippen LogP contribution in [0.25, 0.3) is 0 Å². The van der Waals surface area contributed by atoms with E-state index in [9.17, 15) is 0 Å². The van der Waals surface area contributed by atoms with Crippen LogP contribution in [0.4, 0.5) is 0 Å². The standard InChI is InChI=1S/C24H45NO/c1-4-6-8-9-10-11-12-13-14-15-16-17-18-19-20-23-22(3)25-26-24(23)21-7-5-2/h4-21H2,1-3H3. The zero-order valence-electron chi connectivity index (χ0n) is 18.1. The van der Waals surface area contributed by atoms with Crippen molar-refractivity contribution in [3.05, 3.63) is 17.0 Å². The van der Waals surface area contributed by atoms with E-state index in [1.54, 1.807) is 0 Å². The first-order valence-electron chi connectivity index (χ1n) is 11.7. The van der Waals surface area contributed by atoms with Crippen LogP contribution in [-0.4, -0.2) is 5.16 Å². The largest absolute Gasteiger partial charge is 0.361 e. The molecule has 0 saturated heterocycles. The van der Waals surface area contributed by atoms with Gasteiger partial charge in [0.15, 0.2) is 0 Å². The molecule has 1 aromatic heterocycles. The smallest absolute Gasteiger partial charge is 0.140 e. The summed E-state index contributed by atoms with van der Waals surface area (Å²) in [4.78, 5) is 0. The molecule has 0 bridgehead atoms. The molecule has 0 N–H and O–H groups in total. The lowest BCUT2D eigenvalue weighted by Crippen LogP contribution is -1.93. The number of aromatic nitrogens is 1. The average Bonchev–Trinajstić information content (AvgIpc) is 3.00. The number of hydrogen-bond donors (Lipinski definition) is 0. The number of aryl methyl sites for hydroxylation is 2. The molecule has 152 valence electrons. The second-order valence-corrected chi connectivity index (χ2v) is 8.12. The maximum Gasteiger partial charge on any atom is 0.140 e. The SMILES string of the molecule is CCCCCCCCCCCCCCCCc1c(C)noc1CCCC.